The van der Waals surface area contributed by atoms with Crippen molar-refractivity contribution in [3.8, 4) is 5.75 Å². The van der Waals surface area contributed by atoms with Crippen LogP contribution in [0.1, 0.15) is 23.2 Å². The first-order valence-electron chi connectivity index (χ1n) is 6.64. The maximum absolute atomic E-state index is 12.1. The highest BCUT2D eigenvalue weighted by Gasteiger charge is 2.53. The summed E-state index contributed by atoms with van der Waals surface area (Å²) < 4.78 is 39.8. The summed E-state index contributed by atoms with van der Waals surface area (Å²) in [5.74, 6) is -0.375. The minimum atomic E-state index is -4.75. The van der Waals surface area contributed by atoms with Crippen molar-refractivity contribution in [3.63, 3.8) is 0 Å². The molecule has 1 saturated carbocycles. The van der Waals surface area contributed by atoms with Gasteiger partial charge in [0.25, 0.3) is 5.91 Å². The van der Waals surface area contributed by atoms with Gasteiger partial charge < -0.3 is 14.7 Å². The molecule has 21 heavy (non-hydrogen) atoms. The van der Waals surface area contributed by atoms with Gasteiger partial charge in [0.15, 0.2) is 0 Å². The van der Waals surface area contributed by atoms with Crippen molar-refractivity contribution in [2.45, 2.75) is 24.8 Å². The van der Waals surface area contributed by atoms with Crippen LogP contribution in [-0.4, -0.2) is 41.0 Å². The van der Waals surface area contributed by atoms with Crippen LogP contribution >= 0.6 is 0 Å². The van der Waals surface area contributed by atoms with Crippen molar-refractivity contribution in [3.05, 3.63) is 29.8 Å². The van der Waals surface area contributed by atoms with Crippen LogP contribution in [0.15, 0.2) is 24.3 Å². The van der Waals surface area contributed by atoms with Gasteiger partial charge in [-0.15, -0.1) is 13.2 Å². The van der Waals surface area contributed by atoms with Gasteiger partial charge in [0, 0.05) is 5.56 Å². The standard InChI is InChI=1S/C14H14F3NO3/c15-14(16,17)21-11-5-1-9(2-6-11)12(19)18-7-13(20,8-18)10-3-4-10/h1-2,5-6,10,20H,3-4,7-8H2. The second-order valence-corrected chi connectivity index (χ2v) is 5.61. The van der Waals surface area contributed by atoms with E-state index < -0.39 is 12.0 Å². The van der Waals surface area contributed by atoms with E-state index in [4.69, 9.17) is 0 Å². The molecule has 0 bridgehead atoms. The van der Waals surface area contributed by atoms with Crippen LogP contribution in [0.25, 0.3) is 0 Å². The minimum Gasteiger partial charge on any atom is -0.406 e. The van der Waals surface area contributed by atoms with Gasteiger partial charge in [0.1, 0.15) is 11.4 Å². The van der Waals surface area contributed by atoms with E-state index in [0.717, 1.165) is 25.0 Å². The lowest BCUT2D eigenvalue weighted by Crippen LogP contribution is -2.64. The molecule has 1 aromatic rings. The summed E-state index contributed by atoms with van der Waals surface area (Å²) in [6.07, 6.45) is -2.77. The first-order chi connectivity index (χ1) is 9.77. The summed E-state index contributed by atoms with van der Waals surface area (Å²) in [4.78, 5) is 13.6. The van der Waals surface area contributed by atoms with E-state index in [2.05, 4.69) is 4.74 Å². The lowest BCUT2D eigenvalue weighted by molar-refractivity contribution is -0.274. The number of carbonyl (C=O) groups excluding carboxylic acids is 1. The summed E-state index contributed by atoms with van der Waals surface area (Å²) in [5.41, 5.74) is -0.489. The minimum absolute atomic E-state index is 0.280. The predicted molar refractivity (Wildman–Crippen MR) is 66.7 cm³/mol. The fourth-order valence-electron chi connectivity index (χ4n) is 2.62. The Kier molecular flexibility index (Phi) is 3.12. The smallest absolute Gasteiger partial charge is 0.406 e. The van der Waals surface area contributed by atoms with Crippen molar-refractivity contribution in [1.82, 2.24) is 4.90 Å². The van der Waals surface area contributed by atoms with Crippen molar-refractivity contribution in [2.75, 3.05) is 13.1 Å². The Morgan fingerprint density at radius 2 is 1.81 bits per heavy atom. The average molecular weight is 301 g/mol. The highest BCUT2D eigenvalue weighted by Crippen LogP contribution is 2.44. The SMILES string of the molecule is O=C(c1ccc(OC(F)(F)F)cc1)N1CC(O)(C2CC2)C1. The topological polar surface area (TPSA) is 49.8 Å². The third kappa shape index (κ3) is 2.97. The van der Waals surface area contributed by atoms with Gasteiger partial charge in [-0.25, -0.2) is 0 Å². The molecule has 0 unspecified atom stereocenters. The van der Waals surface area contributed by atoms with Crippen LogP contribution in [0.4, 0.5) is 13.2 Å². The van der Waals surface area contributed by atoms with Gasteiger partial charge in [0.05, 0.1) is 13.1 Å². The average Bonchev–Trinajstić information content (AvgIpc) is 3.17. The molecule has 7 heteroatoms. The first kappa shape index (κ1) is 14.2. The van der Waals surface area contributed by atoms with Crippen LogP contribution in [0.3, 0.4) is 0 Å². The lowest BCUT2D eigenvalue weighted by atomic mass is 9.88. The Bertz CT molecular complexity index is 546. The molecule has 1 N–H and O–H groups in total. The third-order valence-corrected chi connectivity index (χ3v) is 3.89. The maximum atomic E-state index is 12.1. The molecule has 1 saturated heterocycles. The summed E-state index contributed by atoms with van der Waals surface area (Å²) in [7, 11) is 0. The molecule has 114 valence electrons. The molecular weight excluding hydrogens is 287 g/mol. The molecule has 1 heterocycles. The van der Waals surface area contributed by atoms with E-state index in [1.807, 2.05) is 0 Å². The van der Waals surface area contributed by atoms with Gasteiger partial charge in [-0.3, -0.25) is 4.79 Å². The maximum Gasteiger partial charge on any atom is 0.573 e. The number of hydrogen-bond acceptors (Lipinski definition) is 3. The molecule has 2 fully saturated rings. The zero-order valence-electron chi connectivity index (χ0n) is 11.1. The number of carbonyl (C=O) groups is 1. The molecule has 2 aliphatic rings. The normalized spacial score (nSPS) is 20.9. The number of likely N-dealkylation sites (tertiary alicyclic amines) is 1. The van der Waals surface area contributed by atoms with Gasteiger partial charge >= 0.3 is 6.36 Å². The highest BCUT2D eigenvalue weighted by atomic mass is 19.4. The number of β-amino-alcohol motifs (C(OH)–C–C–N with tert-alkyl or cyclic N) is 1. The number of hydrogen-bond donors (Lipinski definition) is 1. The Morgan fingerprint density at radius 3 is 2.29 bits per heavy atom. The monoisotopic (exact) mass is 301 g/mol. The Morgan fingerprint density at radius 1 is 1.24 bits per heavy atom. The molecule has 3 rings (SSSR count). The molecule has 1 aliphatic carbocycles. The van der Waals surface area contributed by atoms with Gasteiger partial charge in [0.2, 0.25) is 0 Å². The molecule has 1 amide bonds. The number of benzene rings is 1. The van der Waals surface area contributed by atoms with E-state index in [9.17, 15) is 23.1 Å². The summed E-state index contributed by atoms with van der Waals surface area (Å²) in [6.45, 7) is 0.578. The molecule has 0 spiro atoms. The van der Waals surface area contributed by atoms with Crippen LogP contribution in [0.2, 0.25) is 0 Å². The number of alkyl halides is 3. The number of nitrogens with zero attached hydrogens (tertiary/aromatic N) is 1. The second-order valence-electron chi connectivity index (χ2n) is 5.61. The lowest BCUT2D eigenvalue weighted by Gasteiger charge is -2.47. The Hall–Kier alpha value is -1.76. The third-order valence-electron chi connectivity index (χ3n) is 3.89. The number of amides is 1. The summed E-state index contributed by atoms with van der Waals surface area (Å²) in [6, 6.07) is 4.79. The second kappa shape index (κ2) is 4.62. The molecule has 0 atom stereocenters. The number of halogens is 3. The Balaban J connectivity index is 1.61. The molecule has 1 aliphatic heterocycles. The van der Waals surface area contributed by atoms with E-state index in [1.165, 1.54) is 17.0 Å². The van der Waals surface area contributed by atoms with Crippen LogP contribution in [0, 0.1) is 5.92 Å². The molecule has 4 nitrogen and oxygen atoms in total. The summed E-state index contributed by atoms with van der Waals surface area (Å²) >= 11 is 0. The first-order valence-corrected chi connectivity index (χ1v) is 6.64. The number of ether oxygens (including phenoxy) is 1. The molecule has 0 radical (unpaired) electrons. The molecular formula is C14H14F3NO3. The predicted octanol–water partition coefficient (Wildman–Crippen LogP) is 2.18. The highest BCUT2D eigenvalue weighted by molar-refractivity contribution is 5.95. The van der Waals surface area contributed by atoms with Crippen molar-refractivity contribution in [2.24, 2.45) is 5.92 Å². The summed E-state index contributed by atoms with van der Waals surface area (Å²) in [5, 5.41) is 10.1. The quantitative estimate of drug-likeness (QED) is 0.931. The Labute approximate surface area is 119 Å². The van der Waals surface area contributed by atoms with E-state index in [1.54, 1.807) is 0 Å². The van der Waals surface area contributed by atoms with Gasteiger partial charge in [-0.2, -0.15) is 0 Å². The zero-order chi connectivity index (χ0) is 15.3. The van der Waals surface area contributed by atoms with Gasteiger partial charge in [-0.1, -0.05) is 0 Å². The number of aliphatic hydroxyl groups is 1. The molecule has 1 aromatic carbocycles. The van der Waals surface area contributed by atoms with Crippen LogP contribution in [0.5, 0.6) is 5.75 Å². The van der Waals surface area contributed by atoms with Gasteiger partial charge in [-0.05, 0) is 43.0 Å². The van der Waals surface area contributed by atoms with Crippen molar-refractivity contribution in [1.29, 1.82) is 0 Å². The largest absolute Gasteiger partial charge is 0.573 e. The zero-order valence-corrected chi connectivity index (χ0v) is 11.1. The fraction of sp³-hybridized carbons (Fsp3) is 0.500. The number of rotatable bonds is 3. The fourth-order valence-corrected chi connectivity index (χ4v) is 2.62. The van der Waals surface area contributed by atoms with E-state index in [-0.39, 0.29) is 36.2 Å². The van der Waals surface area contributed by atoms with Crippen molar-refractivity contribution < 1.29 is 27.8 Å². The van der Waals surface area contributed by atoms with E-state index >= 15 is 0 Å². The van der Waals surface area contributed by atoms with E-state index in [0.29, 0.717) is 0 Å². The van der Waals surface area contributed by atoms with Crippen LogP contribution in [-0.2, 0) is 0 Å². The van der Waals surface area contributed by atoms with Crippen LogP contribution < -0.4 is 4.74 Å². The molecule has 0 aromatic heterocycles. The van der Waals surface area contributed by atoms with Crippen molar-refractivity contribution >= 4 is 5.91 Å².